The highest BCUT2D eigenvalue weighted by molar-refractivity contribution is 9.11. The quantitative estimate of drug-likeness (QED) is 0.899. The fraction of sp³-hybridized carbons (Fsp3) is 0.600. The van der Waals surface area contributed by atoms with Crippen molar-refractivity contribution in [2.75, 3.05) is 6.61 Å². The third kappa shape index (κ3) is 4.55. The third-order valence-corrected chi connectivity index (χ3v) is 3.38. The van der Waals surface area contributed by atoms with Crippen LogP contribution in [0.15, 0.2) is 15.9 Å². The van der Waals surface area contributed by atoms with Crippen molar-refractivity contribution >= 4 is 27.3 Å². The fourth-order valence-corrected chi connectivity index (χ4v) is 2.67. The molecule has 1 rings (SSSR count). The van der Waals surface area contributed by atoms with Crippen LogP contribution in [0.4, 0.5) is 0 Å². The van der Waals surface area contributed by atoms with Gasteiger partial charge in [-0.2, -0.15) is 0 Å². The van der Waals surface area contributed by atoms with Gasteiger partial charge in [-0.3, -0.25) is 0 Å². The maximum atomic E-state index is 5.93. The van der Waals surface area contributed by atoms with Crippen molar-refractivity contribution in [1.29, 1.82) is 0 Å². The number of nitrogens with two attached hydrogens (primary N) is 1. The maximum Gasteiger partial charge on any atom is 0.0701 e. The van der Waals surface area contributed by atoms with Crippen LogP contribution in [0.2, 0.25) is 0 Å². The van der Waals surface area contributed by atoms with E-state index in [1.54, 1.807) is 11.3 Å². The lowest BCUT2D eigenvalue weighted by Gasteiger charge is -2.13. The molecule has 0 spiro atoms. The predicted octanol–water partition coefficient (Wildman–Crippen LogP) is 2.81. The molecule has 0 aromatic carbocycles. The molecule has 1 atom stereocenters. The smallest absolute Gasteiger partial charge is 0.0701 e. The number of hydrogen-bond donors (Lipinski definition) is 1. The van der Waals surface area contributed by atoms with Gasteiger partial charge in [0, 0.05) is 10.9 Å². The first-order valence-electron chi connectivity index (χ1n) is 4.69. The maximum absolute atomic E-state index is 5.93. The summed E-state index contributed by atoms with van der Waals surface area (Å²) in [5.41, 5.74) is 5.93. The molecule has 0 bridgehead atoms. The molecule has 0 aliphatic rings. The molecule has 0 amide bonds. The van der Waals surface area contributed by atoms with Gasteiger partial charge < -0.3 is 10.5 Å². The summed E-state index contributed by atoms with van der Waals surface area (Å²) in [6, 6.07) is 4.25. The van der Waals surface area contributed by atoms with E-state index in [-0.39, 0.29) is 12.1 Å². The van der Waals surface area contributed by atoms with Gasteiger partial charge in [-0.15, -0.1) is 11.3 Å². The van der Waals surface area contributed by atoms with E-state index < -0.39 is 0 Å². The Balaban J connectivity index is 2.30. The van der Waals surface area contributed by atoms with E-state index in [0.717, 1.165) is 10.2 Å². The predicted molar refractivity (Wildman–Crippen MR) is 64.8 cm³/mol. The summed E-state index contributed by atoms with van der Waals surface area (Å²) < 4.78 is 6.61. The molecule has 4 heteroatoms. The molecule has 0 saturated heterocycles. The summed E-state index contributed by atoms with van der Waals surface area (Å²) in [6.45, 7) is 4.68. The monoisotopic (exact) mass is 277 g/mol. The Kier molecular flexibility index (Phi) is 5.09. The highest BCUT2D eigenvalue weighted by atomic mass is 79.9. The minimum Gasteiger partial charge on any atom is -0.377 e. The van der Waals surface area contributed by atoms with Crippen molar-refractivity contribution in [1.82, 2.24) is 0 Å². The van der Waals surface area contributed by atoms with Crippen LogP contribution in [0.1, 0.15) is 18.7 Å². The average molecular weight is 278 g/mol. The van der Waals surface area contributed by atoms with E-state index in [9.17, 15) is 0 Å². The van der Waals surface area contributed by atoms with Crippen LogP contribution in [0.25, 0.3) is 0 Å². The Hall–Kier alpha value is 0.1000. The minimum atomic E-state index is 0.1000. The SMILES string of the molecule is CC(C)OCC(N)Cc1ccc(Br)s1. The summed E-state index contributed by atoms with van der Waals surface area (Å²) in [4.78, 5) is 1.30. The second-order valence-corrected chi connectivity index (χ2v) is 6.10. The average Bonchev–Trinajstić information content (AvgIpc) is 2.48. The van der Waals surface area contributed by atoms with Gasteiger partial charge in [-0.25, -0.2) is 0 Å². The first-order chi connectivity index (χ1) is 6.58. The molecule has 0 aliphatic carbocycles. The fourth-order valence-electron chi connectivity index (χ4n) is 1.09. The Labute approximate surface area is 97.6 Å². The highest BCUT2D eigenvalue weighted by Gasteiger charge is 2.07. The zero-order valence-corrected chi connectivity index (χ0v) is 10.9. The van der Waals surface area contributed by atoms with Crippen molar-refractivity contribution in [3.05, 3.63) is 20.8 Å². The standard InChI is InChI=1S/C10H16BrNOS/c1-7(2)13-6-8(12)5-9-3-4-10(11)14-9/h3-4,7-8H,5-6,12H2,1-2H3. The Morgan fingerprint density at radius 2 is 2.21 bits per heavy atom. The van der Waals surface area contributed by atoms with Crippen molar-refractivity contribution in [2.45, 2.75) is 32.4 Å². The van der Waals surface area contributed by atoms with Crippen molar-refractivity contribution in [3.8, 4) is 0 Å². The summed E-state index contributed by atoms with van der Waals surface area (Å²) in [6.07, 6.45) is 1.15. The first-order valence-corrected chi connectivity index (χ1v) is 6.30. The molecule has 2 N–H and O–H groups in total. The highest BCUT2D eigenvalue weighted by Crippen LogP contribution is 2.22. The summed E-state index contributed by atoms with van der Waals surface area (Å²) in [5, 5.41) is 0. The number of halogens is 1. The Morgan fingerprint density at radius 1 is 1.50 bits per heavy atom. The lowest BCUT2D eigenvalue weighted by Crippen LogP contribution is -2.29. The van der Waals surface area contributed by atoms with Crippen molar-refractivity contribution in [2.24, 2.45) is 5.73 Å². The lowest BCUT2D eigenvalue weighted by atomic mass is 10.2. The van der Waals surface area contributed by atoms with Gasteiger partial charge in [0.05, 0.1) is 16.5 Å². The van der Waals surface area contributed by atoms with Gasteiger partial charge in [0.25, 0.3) is 0 Å². The van der Waals surface area contributed by atoms with Crippen LogP contribution in [0.3, 0.4) is 0 Å². The summed E-state index contributed by atoms with van der Waals surface area (Å²) in [5.74, 6) is 0. The zero-order chi connectivity index (χ0) is 10.6. The van der Waals surface area contributed by atoms with Crippen LogP contribution in [0, 0.1) is 0 Å². The number of hydrogen-bond acceptors (Lipinski definition) is 3. The van der Waals surface area contributed by atoms with Gasteiger partial charge in [0.1, 0.15) is 0 Å². The molecule has 2 nitrogen and oxygen atoms in total. The Morgan fingerprint density at radius 3 is 2.71 bits per heavy atom. The van der Waals surface area contributed by atoms with E-state index in [4.69, 9.17) is 10.5 Å². The molecular formula is C10H16BrNOS. The van der Waals surface area contributed by atoms with Crippen molar-refractivity contribution in [3.63, 3.8) is 0 Å². The van der Waals surface area contributed by atoms with E-state index >= 15 is 0 Å². The topological polar surface area (TPSA) is 35.2 Å². The molecular weight excluding hydrogens is 262 g/mol. The van der Waals surface area contributed by atoms with E-state index in [0.29, 0.717) is 6.61 Å². The van der Waals surface area contributed by atoms with Gasteiger partial charge >= 0.3 is 0 Å². The van der Waals surface area contributed by atoms with Crippen LogP contribution < -0.4 is 5.73 Å². The van der Waals surface area contributed by atoms with Crippen molar-refractivity contribution < 1.29 is 4.74 Å². The molecule has 1 unspecified atom stereocenters. The normalized spacial score (nSPS) is 13.5. The Bertz CT molecular complexity index is 275. The lowest BCUT2D eigenvalue weighted by molar-refractivity contribution is 0.0685. The van der Waals surface area contributed by atoms with Gasteiger partial charge in [-0.05, 0) is 48.3 Å². The van der Waals surface area contributed by atoms with Crippen LogP contribution in [-0.2, 0) is 11.2 Å². The van der Waals surface area contributed by atoms with E-state index in [1.807, 2.05) is 13.8 Å². The molecule has 0 saturated carbocycles. The molecule has 80 valence electrons. The second-order valence-electron chi connectivity index (χ2n) is 3.55. The number of thiophene rings is 1. The minimum absolute atomic E-state index is 0.1000. The number of rotatable bonds is 5. The molecule has 0 radical (unpaired) electrons. The molecule has 1 aromatic rings. The molecule has 1 aromatic heterocycles. The largest absolute Gasteiger partial charge is 0.377 e. The third-order valence-electron chi connectivity index (χ3n) is 1.74. The molecule has 0 aliphatic heterocycles. The molecule has 0 fully saturated rings. The first kappa shape index (κ1) is 12.2. The second kappa shape index (κ2) is 5.85. The summed E-state index contributed by atoms with van der Waals surface area (Å²) in [7, 11) is 0. The van der Waals surface area contributed by atoms with E-state index in [2.05, 4.69) is 28.1 Å². The van der Waals surface area contributed by atoms with Crippen LogP contribution in [-0.4, -0.2) is 18.8 Å². The molecule has 14 heavy (non-hydrogen) atoms. The molecule has 1 heterocycles. The van der Waals surface area contributed by atoms with Gasteiger partial charge in [0.2, 0.25) is 0 Å². The van der Waals surface area contributed by atoms with Gasteiger partial charge in [-0.1, -0.05) is 0 Å². The summed E-state index contributed by atoms with van der Waals surface area (Å²) >= 11 is 5.16. The van der Waals surface area contributed by atoms with Crippen LogP contribution >= 0.6 is 27.3 Å². The van der Waals surface area contributed by atoms with Gasteiger partial charge in [0.15, 0.2) is 0 Å². The number of ether oxygens (including phenoxy) is 1. The van der Waals surface area contributed by atoms with E-state index in [1.165, 1.54) is 4.88 Å². The zero-order valence-electron chi connectivity index (χ0n) is 8.50. The van der Waals surface area contributed by atoms with Crippen LogP contribution in [0.5, 0.6) is 0 Å².